The molecule has 2 nitrogen and oxygen atoms in total. The van der Waals surface area contributed by atoms with Crippen molar-refractivity contribution >= 4 is 6.29 Å². The highest BCUT2D eigenvalue weighted by Crippen LogP contribution is 2.23. The molecule has 13 heavy (non-hydrogen) atoms. The largest absolute Gasteiger partial charge is 0.507 e. The van der Waals surface area contributed by atoms with Gasteiger partial charge in [-0.05, 0) is 30.0 Å². The Morgan fingerprint density at radius 3 is 2.46 bits per heavy atom. The van der Waals surface area contributed by atoms with E-state index in [1.54, 1.807) is 6.07 Å². The van der Waals surface area contributed by atoms with Crippen LogP contribution in [0.15, 0.2) is 12.1 Å². The average molecular weight is 178 g/mol. The van der Waals surface area contributed by atoms with Gasteiger partial charge in [0.1, 0.15) is 5.75 Å². The van der Waals surface area contributed by atoms with Crippen molar-refractivity contribution in [2.75, 3.05) is 0 Å². The second kappa shape index (κ2) is 4.08. The fraction of sp³-hybridized carbons (Fsp3) is 0.364. The van der Waals surface area contributed by atoms with Gasteiger partial charge in [0.15, 0.2) is 6.29 Å². The van der Waals surface area contributed by atoms with Gasteiger partial charge >= 0.3 is 0 Å². The molecule has 1 N–H and O–H groups in total. The smallest absolute Gasteiger partial charge is 0.153 e. The van der Waals surface area contributed by atoms with Crippen LogP contribution in [0.1, 0.15) is 35.3 Å². The summed E-state index contributed by atoms with van der Waals surface area (Å²) in [7, 11) is 0. The van der Waals surface area contributed by atoms with Crippen LogP contribution in [0, 0.1) is 0 Å². The molecule has 0 aliphatic heterocycles. The molecule has 0 fully saturated rings. The normalized spacial score (nSPS) is 10.0. The van der Waals surface area contributed by atoms with Crippen molar-refractivity contribution in [2.24, 2.45) is 0 Å². The third-order valence-electron chi connectivity index (χ3n) is 2.19. The summed E-state index contributed by atoms with van der Waals surface area (Å²) in [5.41, 5.74) is 2.34. The lowest BCUT2D eigenvalue weighted by Gasteiger charge is -2.06. The molecule has 0 amide bonds. The zero-order chi connectivity index (χ0) is 9.84. The Bertz CT molecular complexity index is 316. The topological polar surface area (TPSA) is 37.3 Å². The van der Waals surface area contributed by atoms with Crippen LogP contribution in [0.4, 0.5) is 0 Å². The first-order valence-corrected chi connectivity index (χ1v) is 4.52. The zero-order valence-corrected chi connectivity index (χ0v) is 8.00. The summed E-state index contributed by atoms with van der Waals surface area (Å²) in [6.45, 7) is 3.99. The molecule has 0 heterocycles. The second-order valence-corrected chi connectivity index (χ2v) is 3.02. The molecule has 2 heteroatoms. The Labute approximate surface area is 78.2 Å². The fourth-order valence-corrected chi connectivity index (χ4v) is 1.35. The van der Waals surface area contributed by atoms with Crippen LogP contribution in [0.3, 0.4) is 0 Å². The molecule has 1 rings (SSSR count). The van der Waals surface area contributed by atoms with E-state index < -0.39 is 0 Å². The zero-order valence-electron chi connectivity index (χ0n) is 8.00. The summed E-state index contributed by atoms with van der Waals surface area (Å²) in [6, 6.07) is 3.68. The van der Waals surface area contributed by atoms with Gasteiger partial charge in [-0.1, -0.05) is 19.9 Å². The molecule has 0 aliphatic rings. The van der Waals surface area contributed by atoms with Crippen LogP contribution in [0.2, 0.25) is 0 Å². The van der Waals surface area contributed by atoms with Gasteiger partial charge in [-0.3, -0.25) is 4.79 Å². The Hall–Kier alpha value is -1.31. The van der Waals surface area contributed by atoms with E-state index >= 15 is 0 Å². The maximum atomic E-state index is 10.6. The highest BCUT2D eigenvalue weighted by Gasteiger charge is 2.06. The van der Waals surface area contributed by atoms with Crippen molar-refractivity contribution < 1.29 is 9.90 Å². The number of phenolic OH excluding ortho intramolecular Hbond substituents is 1. The number of hydrogen-bond donors (Lipinski definition) is 1. The van der Waals surface area contributed by atoms with Crippen molar-refractivity contribution in [1.82, 2.24) is 0 Å². The summed E-state index contributed by atoms with van der Waals surface area (Å²) >= 11 is 0. The Morgan fingerprint density at radius 1 is 1.31 bits per heavy atom. The minimum absolute atomic E-state index is 0.134. The van der Waals surface area contributed by atoms with Crippen LogP contribution in [-0.4, -0.2) is 11.4 Å². The van der Waals surface area contributed by atoms with E-state index in [0.717, 1.165) is 24.0 Å². The molecular formula is C11H14O2. The number of hydrogen-bond acceptors (Lipinski definition) is 2. The van der Waals surface area contributed by atoms with Crippen LogP contribution in [0.25, 0.3) is 0 Å². The molecule has 0 saturated carbocycles. The van der Waals surface area contributed by atoms with Gasteiger partial charge in [0.05, 0.1) is 5.56 Å². The molecule has 0 aliphatic carbocycles. The predicted octanol–water partition coefficient (Wildman–Crippen LogP) is 2.33. The first-order chi connectivity index (χ1) is 6.22. The summed E-state index contributed by atoms with van der Waals surface area (Å²) in [5.74, 6) is 0.134. The lowest BCUT2D eigenvalue weighted by Crippen LogP contribution is -1.92. The number of phenols is 1. The highest BCUT2D eigenvalue weighted by molar-refractivity contribution is 5.80. The summed E-state index contributed by atoms with van der Waals surface area (Å²) in [5, 5.41) is 9.58. The highest BCUT2D eigenvalue weighted by atomic mass is 16.3. The molecule has 0 bridgehead atoms. The van der Waals surface area contributed by atoms with Crippen molar-refractivity contribution in [3.05, 3.63) is 28.8 Å². The number of rotatable bonds is 3. The van der Waals surface area contributed by atoms with E-state index in [1.165, 1.54) is 0 Å². The maximum absolute atomic E-state index is 10.6. The quantitative estimate of drug-likeness (QED) is 0.721. The standard InChI is InChI=1S/C11H14O2/c1-3-8-5-9(4-2)11(13)10(6-8)7-12/h5-7,13H,3-4H2,1-2H3. The Morgan fingerprint density at radius 2 is 2.00 bits per heavy atom. The molecule has 0 unspecified atom stereocenters. The van der Waals surface area contributed by atoms with Crippen molar-refractivity contribution in [1.29, 1.82) is 0 Å². The average Bonchev–Trinajstić information content (AvgIpc) is 2.18. The van der Waals surface area contributed by atoms with Gasteiger partial charge in [0.25, 0.3) is 0 Å². The van der Waals surface area contributed by atoms with Gasteiger partial charge in [-0.25, -0.2) is 0 Å². The number of carbonyl (C=O) groups excluding carboxylic acids is 1. The first-order valence-electron chi connectivity index (χ1n) is 4.52. The first kappa shape index (κ1) is 9.78. The second-order valence-electron chi connectivity index (χ2n) is 3.02. The van der Waals surface area contributed by atoms with E-state index in [9.17, 15) is 9.90 Å². The molecule has 1 aromatic rings. The van der Waals surface area contributed by atoms with Crippen molar-refractivity contribution in [3.8, 4) is 5.75 Å². The van der Waals surface area contributed by atoms with E-state index in [0.29, 0.717) is 11.8 Å². The third-order valence-corrected chi connectivity index (χ3v) is 2.19. The monoisotopic (exact) mass is 178 g/mol. The number of aldehydes is 1. The number of aryl methyl sites for hydroxylation is 2. The van der Waals surface area contributed by atoms with Crippen molar-refractivity contribution in [2.45, 2.75) is 26.7 Å². The Kier molecular flexibility index (Phi) is 3.07. The maximum Gasteiger partial charge on any atom is 0.153 e. The lowest BCUT2D eigenvalue weighted by molar-refractivity contribution is 0.112. The minimum atomic E-state index is 0.134. The van der Waals surface area contributed by atoms with Crippen LogP contribution in [0.5, 0.6) is 5.75 Å². The van der Waals surface area contributed by atoms with Gasteiger partial charge in [-0.15, -0.1) is 0 Å². The van der Waals surface area contributed by atoms with Crippen LogP contribution < -0.4 is 0 Å². The number of carbonyl (C=O) groups is 1. The van der Waals surface area contributed by atoms with Gasteiger partial charge in [0.2, 0.25) is 0 Å². The molecule has 0 radical (unpaired) electrons. The fourth-order valence-electron chi connectivity index (χ4n) is 1.35. The predicted molar refractivity (Wildman–Crippen MR) is 52.3 cm³/mol. The molecule has 0 aromatic heterocycles. The third kappa shape index (κ3) is 1.89. The molecule has 0 saturated heterocycles. The lowest BCUT2D eigenvalue weighted by atomic mass is 10.0. The molecule has 70 valence electrons. The van der Waals surface area contributed by atoms with E-state index in [4.69, 9.17) is 0 Å². The van der Waals surface area contributed by atoms with Crippen molar-refractivity contribution in [3.63, 3.8) is 0 Å². The molecule has 0 atom stereocenters. The van der Waals surface area contributed by atoms with E-state index in [2.05, 4.69) is 0 Å². The minimum Gasteiger partial charge on any atom is -0.507 e. The van der Waals surface area contributed by atoms with Crippen LogP contribution in [-0.2, 0) is 12.8 Å². The summed E-state index contributed by atoms with van der Waals surface area (Å²) in [6.07, 6.45) is 2.34. The SMILES string of the molecule is CCc1cc(C=O)c(O)c(CC)c1. The molecule has 0 spiro atoms. The molecule has 1 aromatic carbocycles. The van der Waals surface area contributed by atoms with Crippen LogP contribution >= 0.6 is 0 Å². The van der Waals surface area contributed by atoms with Gasteiger partial charge < -0.3 is 5.11 Å². The molecular weight excluding hydrogens is 164 g/mol. The number of benzene rings is 1. The van der Waals surface area contributed by atoms with E-state index in [-0.39, 0.29) is 5.75 Å². The summed E-state index contributed by atoms with van der Waals surface area (Å²) in [4.78, 5) is 10.6. The van der Waals surface area contributed by atoms with E-state index in [1.807, 2.05) is 19.9 Å². The van der Waals surface area contributed by atoms with Gasteiger partial charge in [-0.2, -0.15) is 0 Å². The van der Waals surface area contributed by atoms with Gasteiger partial charge in [0, 0.05) is 0 Å². The number of aromatic hydroxyl groups is 1. The summed E-state index contributed by atoms with van der Waals surface area (Å²) < 4.78 is 0. The Balaban J connectivity index is 3.28.